The second-order valence-corrected chi connectivity index (χ2v) is 20.4. The van der Waals surface area contributed by atoms with Crippen LogP contribution in [-0.4, -0.2) is 181 Å². The zero-order valence-corrected chi connectivity index (χ0v) is 39.1. The SMILES string of the molecule is CO[C@@H]1C[C@H](O[C@H]2CC[C@@]3(C)C(=CC[C@H]4C(=O)O[C@H]5CO[C@@]6(C)OC=C(CC[C@@H]43)[C@@H]56)C2)O[C@H](C)[C@H]1O[C@H]1C[C@@H](O)[C@H](O[C@H]2C[C@@H](OC)[C@H](O[C@H]3O[C@@H](CO)[C@H](O)[C@@H](O)[C@@H]3O)[C@@H](C)O2)[C@@H](C)O1. The van der Waals surface area contributed by atoms with Gasteiger partial charge >= 0.3 is 5.97 Å². The molecule has 9 aliphatic rings. The number of hydrogen-bond acceptors (Lipinski definition) is 19. The number of allylic oxidation sites excluding steroid dienone is 1. The van der Waals surface area contributed by atoms with Gasteiger partial charge in [0.05, 0.1) is 74.0 Å². The molecule has 374 valence electrons. The zero-order chi connectivity index (χ0) is 46.8. The normalized spacial score (nSPS) is 51.7. The Labute approximate surface area is 386 Å². The Morgan fingerprint density at radius 2 is 1.41 bits per heavy atom. The van der Waals surface area contributed by atoms with Crippen LogP contribution in [0.1, 0.15) is 92.4 Å². The third kappa shape index (κ3) is 9.28. The molecule has 0 unspecified atom stereocenters. The van der Waals surface area contributed by atoms with Crippen LogP contribution in [0.3, 0.4) is 0 Å². The van der Waals surface area contributed by atoms with E-state index in [4.69, 9.17) is 61.6 Å². The Hall–Kier alpha value is -1.89. The van der Waals surface area contributed by atoms with Crippen LogP contribution in [0.15, 0.2) is 23.5 Å². The highest BCUT2D eigenvalue weighted by Crippen LogP contribution is 2.57. The molecule has 0 radical (unpaired) electrons. The van der Waals surface area contributed by atoms with Gasteiger partial charge < -0.3 is 87.1 Å². The summed E-state index contributed by atoms with van der Waals surface area (Å²) in [6, 6.07) is 0. The number of fused-ring (bicyclic) bond motifs is 3. The van der Waals surface area contributed by atoms with Gasteiger partial charge in [0, 0.05) is 40.4 Å². The molecule has 2 aliphatic carbocycles. The van der Waals surface area contributed by atoms with Gasteiger partial charge in [-0.15, -0.1) is 0 Å². The maximum absolute atomic E-state index is 13.8. The van der Waals surface area contributed by atoms with Crippen LogP contribution in [-0.2, 0) is 66.4 Å². The minimum absolute atomic E-state index is 0.0646. The van der Waals surface area contributed by atoms with Gasteiger partial charge in [-0.2, -0.15) is 0 Å². The number of aliphatic hydroxyl groups is 5. The Morgan fingerprint density at radius 3 is 2.08 bits per heavy atom. The van der Waals surface area contributed by atoms with Gasteiger partial charge in [-0.25, -0.2) is 0 Å². The van der Waals surface area contributed by atoms with Crippen LogP contribution >= 0.6 is 0 Å². The van der Waals surface area contributed by atoms with Crippen LogP contribution in [0.4, 0.5) is 0 Å². The second kappa shape index (κ2) is 19.7. The minimum atomic E-state index is -1.59. The molecule has 7 aliphatic heterocycles. The first-order valence-electron chi connectivity index (χ1n) is 24.1. The summed E-state index contributed by atoms with van der Waals surface area (Å²) in [7, 11) is 3.14. The van der Waals surface area contributed by atoms with Crippen LogP contribution < -0.4 is 0 Å². The summed E-state index contributed by atoms with van der Waals surface area (Å²) in [4.78, 5) is 13.8. The molecular formula is C47H72O19. The minimum Gasteiger partial charge on any atom is -0.469 e. The molecule has 0 amide bonds. The lowest BCUT2D eigenvalue weighted by molar-refractivity contribution is -0.356. The third-order valence-electron chi connectivity index (χ3n) is 16.3. The fourth-order valence-electron chi connectivity index (χ4n) is 12.5. The van der Waals surface area contributed by atoms with Crippen molar-refractivity contribution in [3.05, 3.63) is 23.5 Å². The topological polar surface area (TPSA) is 238 Å². The fraction of sp³-hybridized carbons (Fsp3) is 0.894. The average Bonchev–Trinajstić information content (AvgIpc) is 3.80. The largest absolute Gasteiger partial charge is 0.469 e. The highest BCUT2D eigenvalue weighted by Gasteiger charge is 2.58. The molecule has 0 aromatic rings. The molecule has 24 atom stereocenters. The molecule has 0 bridgehead atoms. The van der Waals surface area contributed by atoms with E-state index < -0.39 is 111 Å². The van der Waals surface area contributed by atoms with Gasteiger partial charge in [0.15, 0.2) is 25.2 Å². The zero-order valence-electron chi connectivity index (χ0n) is 39.1. The van der Waals surface area contributed by atoms with Crippen LogP contribution in [0.25, 0.3) is 0 Å². The van der Waals surface area contributed by atoms with Crippen molar-refractivity contribution in [1.82, 2.24) is 0 Å². The number of hydrogen-bond donors (Lipinski definition) is 5. The lowest BCUT2D eigenvalue weighted by atomic mass is 9.55. The summed E-state index contributed by atoms with van der Waals surface area (Å²) in [5, 5.41) is 52.0. The van der Waals surface area contributed by atoms with Crippen molar-refractivity contribution >= 4 is 5.97 Å². The first-order valence-corrected chi connectivity index (χ1v) is 24.1. The van der Waals surface area contributed by atoms with Crippen molar-refractivity contribution in [1.29, 1.82) is 0 Å². The maximum Gasteiger partial charge on any atom is 0.309 e. The summed E-state index contributed by atoms with van der Waals surface area (Å²) in [5.74, 6) is -1.03. The lowest BCUT2D eigenvalue weighted by Gasteiger charge is -2.51. The monoisotopic (exact) mass is 940 g/mol. The van der Waals surface area contributed by atoms with Gasteiger partial charge in [-0.05, 0) is 76.2 Å². The van der Waals surface area contributed by atoms with E-state index in [0.717, 1.165) is 32.1 Å². The summed E-state index contributed by atoms with van der Waals surface area (Å²) < 4.78 is 79.9. The third-order valence-corrected chi connectivity index (χ3v) is 16.3. The molecule has 6 saturated heterocycles. The Morgan fingerprint density at radius 1 is 0.773 bits per heavy atom. The van der Waals surface area contributed by atoms with E-state index in [9.17, 15) is 30.3 Å². The van der Waals surface area contributed by atoms with Crippen molar-refractivity contribution < 1.29 is 91.9 Å². The summed E-state index contributed by atoms with van der Waals surface area (Å²) in [6.45, 7) is 9.47. The van der Waals surface area contributed by atoms with Gasteiger partial charge in [-0.1, -0.05) is 18.6 Å². The molecule has 0 aromatic carbocycles. The van der Waals surface area contributed by atoms with Gasteiger partial charge in [0.25, 0.3) is 0 Å². The number of esters is 1. The molecule has 0 aromatic heterocycles. The standard InChI is InChI=1S/C47H72O19/c1-21-41(64-36-17-31(55-7)43(23(3)60-36)66-45-40(52)39(51)38(50)32(18-48)63-45)29(49)15-34(58-21)65-42-22(2)59-35(16-30(42)54-6)61-26-12-13-46(4)25(14-26)9-10-27-28(46)11-8-24-19-56-47(5)37(24)33(20-57-47)62-44(27)53/h9,19,21-23,26-43,45,48-52H,8,10-18,20H2,1-7H3/t21-,22-,23-,26+,27-,28+,29-,30-,31-,32+,33+,34+,35+,36+,37+,38+,39-,40+,41-,42-,43-,45-,46+,47-/m1/s1. The number of rotatable bonds is 11. The number of carbonyl (C=O) groups excluding carboxylic acids is 1. The van der Waals surface area contributed by atoms with Gasteiger partial charge in [-0.3, -0.25) is 4.79 Å². The smallest absolute Gasteiger partial charge is 0.309 e. The van der Waals surface area contributed by atoms with Crippen molar-refractivity contribution in [2.45, 2.75) is 215 Å². The average molecular weight is 941 g/mol. The Bertz CT molecular complexity index is 1750. The number of ether oxygens (including phenoxy) is 13. The highest BCUT2D eigenvalue weighted by atomic mass is 16.8. The Balaban J connectivity index is 0.757. The van der Waals surface area contributed by atoms with E-state index in [-0.39, 0.29) is 60.3 Å². The quantitative estimate of drug-likeness (QED) is 0.147. The van der Waals surface area contributed by atoms with Crippen molar-refractivity contribution in [3.8, 4) is 0 Å². The predicted octanol–water partition coefficient (Wildman–Crippen LogP) is 1.86. The van der Waals surface area contributed by atoms with Crippen molar-refractivity contribution in [3.63, 3.8) is 0 Å². The van der Waals surface area contributed by atoms with Crippen LogP contribution in [0.5, 0.6) is 0 Å². The van der Waals surface area contributed by atoms with Crippen LogP contribution in [0.2, 0.25) is 0 Å². The van der Waals surface area contributed by atoms with Crippen molar-refractivity contribution in [2.24, 2.45) is 23.2 Å². The molecule has 0 spiro atoms. The number of methoxy groups -OCH3 is 2. The number of aliphatic hydroxyl groups excluding tert-OH is 5. The van der Waals surface area contributed by atoms with Gasteiger partial charge in [0.2, 0.25) is 5.79 Å². The van der Waals surface area contributed by atoms with E-state index >= 15 is 0 Å². The first kappa shape index (κ1) is 49.1. The molecule has 19 heteroatoms. The first-order chi connectivity index (χ1) is 31.5. The lowest BCUT2D eigenvalue weighted by Crippen LogP contribution is -2.62. The Kier molecular flexibility index (Phi) is 14.7. The summed E-state index contributed by atoms with van der Waals surface area (Å²) >= 11 is 0. The van der Waals surface area contributed by atoms with E-state index in [1.54, 1.807) is 21.0 Å². The number of carbonyl (C=O) groups is 1. The predicted molar refractivity (Wildman–Crippen MR) is 225 cm³/mol. The second-order valence-electron chi connectivity index (χ2n) is 20.4. The fourth-order valence-corrected chi connectivity index (χ4v) is 12.5. The highest BCUT2D eigenvalue weighted by molar-refractivity contribution is 5.74. The summed E-state index contributed by atoms with van der Waals surface area (Å²) in [6.07, 6.45) is -5.73. The summed E-state index contributed by atoms with van der Waals surface area (Å²) in [5.41, 5.74) is 2.35. The van der Waals surface area contributed by atoms with Crippen LogP contribution in [0, 0.1) is 23.2 Å². The molecular weight excluding hydrogens is 868 g/mol. The van der Waals surface area contributed by atoms with E-state index in [0.29, 0.717) is 19.4 Å². The van der Waals surface area contributed by atoms with E-state index in [2.05, 4.69) is 13.0 Å². The molecule has 1 saturated carbocycles. The maximum atomic E-state index is 13.8. The molecule has 7 heterocycles. The van der Waals surface area contributed by atoms with E-state index in [1.165, 1.54) is 18.3 Å². The molecule has 5 N–H and O–H groups in total. The molecule has 7 fully saturated rings. The van der Waals surface area contributed by atoms with Gasteiger partial charge in [0.1, 0.15) is 48.8 Å². The molecule has 19 nitrogen and oxygen atoms in total. The molecule has 9 rings (SSSR count). The van der Waals surface area contributed by atoms with Crippen molar-refractivity contribution in [2.75, 3.05) is 27.4 Å². The van der Waals surface area contributed by atoms with E-state index in [1.807, 2.05) is 20.1 Å². The molecule has 66 heavy (non-hydrogen) atoms.